The molecule has 0 radical (unpaired) electrons. The maximum Gasteiger partial charge on any atom is 0.221 e. The number of hydrogen-bond donors (Lipinski definition) is 2. The summed E-state index contributed by atoms with van der Waals surface area (Å²) in [6.07, 6.45) is 3.81. The molecule has 3 heterocycles. The van der Waals surface area contributed by atoms with Gasteiger partial charge in [-0.1, -0.05) is 23.7 Å². The quantitative estimate of drug-likeness (QED) is 0.355. The number of thiocarbonyl (C=S) groups is 1. The topological polar surface area (TPSA) is 62.2 Å². The normalized spacial score (nSPS) is 17.5. The van der Waals surface area contributed by atoms with Crippen LogP contribution in [-0.2, 0) is 4.79 Å². The van der Waals surface area contributed by atoms with Crippen molar-refractivity contribution in [2.24, 2.45) is 0 Å². The molecule has 0 bridgehead atoms. The second-order valence-corrected chi connectivity index (χ2v) is 8.83. The van der Waals surface area contributed by atoms with E-state index in [-0.39, 0.29) is 18.0 Å². The van der Waals surface area contributed by atoms with Crippen LogP contribution in [0.4, 0.5) is 11.4 Å². The van der Waals surface area contributed by atoms with Crippen LogP contribution in [0, 0.1) is 0 Å². The number of amides is 1. The fraction of sp³-hybridized carbons (Fsp3) is 0.115. The van der Waals surface area contributed by atoms with Crippen molar-refractivity contribution >= 4 is 46.2 Å². The van der Waals surface area contributed by atoms with Gasteiger partial charge in [0.05, 0.1) is 11.7 Å². The first-order chi connectivity index (χ1) is 16.5. The fourth-order valence-electron chi connectivity index (χ4n) is 4.34. The average molecular weight is 488 g/mol. The molecule has 0 saturated carbocycles. The smallest absolute Gasteiger partial charge is 0.221 e. The molecule has 1 aliphatic heterocycles. The summed E-state index contributed by atoms with van der Waals surface area (Å²) < 4.78 is 2.13. The summed E-state index contributed by atoms with van der Waals surface area (Å²) in [4.78, 5) is 18.2. The van der Waals surface area contributed by atoms with Gasteiger partial charge in [0.1, 0.15) is 6.04 Å². The molecule has 5 rings (SSSR count). The Morgan fingerprint density at radius 1 is 1.03 bits per heavy atom. The highest BCUT2D eigenvalue weighted by Crippen LogP contribution is 2.42. The second-order valence-electron chi connectivity index (χ2n) is 8.01. The standard InChI is InChI=1S/C26H22ClN5OS/c1-17(33)29-19-10-12-20(13-11-19)32-25(24(30-26(32)34)22-8-2-3-14-28-22)23-9-5-15-31(23)21-7-4-6-18(27)16-21/h2-16,24-25H,1H3,(H,29,33)(H,30,34)/t24-,25+/m1/s1. The lowest BCUT2D eigenvalue weighted by Gasteiger charge is -2.29. The van der Waals surface area contributed by atoms with E-state index in [1.807, 2.05) is 79.0 Å². The highest BCUT2D eigenvalue weighted by molar-refractivity contribution is 7.80. The van der Waals surface area contributed by atoms with Gasteiger partial charge in [0.25, 0.3) is 0 Å². The number of carbonyl (C=O) groups excluding carboxylic acids is 1. The van der Waals surface area contributed by atoms with Gasteiger partial charge < -0.3 is 20.1 Å². The number of halogens is 1. The van der Waals surface area contributed by atoms with E-state index in [1.54, 1.807) is 6.20 Å². The Balaban J connectivity index is 1.62. The Bertz CT molecular complexity index is 1340. The minimum absolute atomic E-state index is 0.112. The minimum atomic E-state index is -0.178. The Morgan fingerprint density at radius 2 is 1.85 bits per heavy atom. The molecule has 0 aliphatic carbocycles. The molecule has 2 aromatic heterocycles. The Kier molecular flexibility index (Phi) is 6.04. The van der Waals surface area contributed by atoms with E-state index in [9.17, 15) is 4.79 Å². The van der Waals surface area contributed by atoms with Crippen molar-refractivity contribution in [1.82, 2.24) is 14.9 Å². The molecule has 1 saturated heterocycles. The van der Waals surface area contributed by atoms with E-state index < -0.39 is 0 Å². The van der Waals surface area contributed by atoms with Crippen LogP contribution in [0.15, 0.2) is 91.3 Å². The molecule has 2 N–H and O–H groups in total. The van der Waals surface area contributed by atoms with Crippen LogP contribution in [0.1, 0.15) is 30.4 Å². The van der Waals surface area contributed by atoms with Crippen LogP contribution in [-0.4, -0.2) is 20.6 Å². The van der Waals surface area contributed by atoms with Gasteiger partial charge in [-0.3, -0.25) is 9.78 Å². The molecule has 8 heteroatoms. The predicted molar refractivity (Wildman–Crippen MR) is 139 cm³/mol. The first kappa shape index (κ1) is 22.1. The van der Waals surface area contributed by atoms with Gasteiger partial charge in [-0.15, -0.1) is 0 Å². The third-order valence-electron chi connectivity index (χ3n) is 5.73. The maximum atomic E-state index is 11.4. The van der Waals surface area contributed by atoms with Crippen LogP contribution in [0.2, 0.25) is 5.02 Å². The molecule has 1 aliphatic rings. The number of anilines is 2. The van der Waals surface area contributed by atoms with E-state index in [0.717, 1.165) is 28.5 Å². The zero-order valence-corrected chi connectivity index (χ0v) is 19.9. The fourth-order valence-corrected chi connectivity index (χ4v) is 4.87. The summed E-state index contributed by atoms with van der Waals surface area (Å²) in [5.41, 5.74) is 4.54. The van der Waals surface area contributed by atoms with E-state index in [4.69, 9.17) is 23.8 Å². The van der Waals surface area contributed by atoms with Gasteiger partial charge in [-0.05, 0) is 78.9 Å². The maximum absolute atomic E-state index is 11.4. The van der Waals surface area contributed by atoms with Crippen molar-refractivity contribution in [3.63, 3.8) is 0 Å². The molecule has 1 amide bonds. The van der Waals surface area contributed by atoms with Crippen LogP contribution < -0.4 is 15.5 Å². The van der Waals surface area contributed by atoms with Gasteiger partial charge in [-0.25, -0.2) is 0 Å². The van der Waals surface area contributed by atoms with Gasteiger partial charge in [0.15, 0.2) is 5.11 Å². The first-order valence-corrected chi connectivity index (χ1v) is 11.6. The zero-order chi connectivity index (χ0) is 23.7. The number of hydrogen-bond acceptors (Lipinski definition) is 3. The van der Waals surface area contributed by atoms with E-state index in [2.05, 4.69) is 31.2 Å². The van der Waals surface area contributed by atoms with Crippen LogP contribution in [0.25, 0.3) is 5.69 Å². The molecule has 0 unspecified atom stereocenters. The molecule has 4 aromatic rings. The number of nitrogens with one attached hydrogen (secondary N) is 2. The Hall–Kier alpha value is -3.68. The summed E-state index contributed by atoms with van der Waals surface area (Å²) in [6.45, 7) is 1.49. The van der Waals surface area contributed by atoms with E-state index in [1.165, 1.54) is 6.92 Å². The van der Waals surface area contributed by atoms with Gasteiger partial charge >= 0.3 is 0 Å². The van der Waals surface area contributed by atoms with Crippen molar-refractivity contribution < 1.29 is 4.79 Å². The highest BCUT2D eigenvalue weighted by atomic mass is 35.5. The van der Waals surface area contributed by atoms with Crippen LogP contribution in [0.5, 0.6) is 0 Å². The number of benzene rings is 2. The molecule has 2 aromatic carbocycles. The molecule has 170 valence electrons. The van der Waals surface area contributed by atoms with Crippen LogP contribution in [0.3, 0.4) is 0 Å². The summed E-state index contributed by atoms with van der Waals surface area (Å²) in [7, 11) is 0. The average Bonchev–Trinajstić information content (AvgIpc) is 3.44. The van der Waals surface area contributed by atoms with Crippen molar-refractivity contribution in [2.45, 2.75) is 19.0 Å². The SMILES string of the molecule is CC(=O)Nc1ccc(N2C(=S)N[C@H](c3ccccn3)[C@@H]2c2cccn2-c2cccc(Cl)c2)cc1. The van der Waals surface area contributed by atoms with Crippen molar-refractivity contribution in [3.8, 4) is 5.69 Å². The van der Waals surface area contributed by atoms with Gasteiger partial charge in [0.2, 0.25) is 5.91 Å². The van der Waals surface area contributed by atoms with Crippen molar-refractivity contribution in [1.29, 1.82) is 0 Å². The van der Waals surface area contributed by atoms with Gasteiger partial charge in [0, 0.05) is 47.1 Å². The monoisotopic (exact) mass is 487 g/mol. The van der Waals surface area contributed by atoms with E-state index >= 15 is 0 Å². The number of pyridine rings is 1. The lowest BCUT2D eigenvalue weighted by molar-refractivity contribution is -0.114. The Morgan fingerprint density at radius 3 is 2.56 bits per heavy atom. The van der Waals surface area contributed by atoms with E-state index in [0.29, 0.717) is 10.1 Å². The number of rotatable bonds is 5. The molecule has 34 heavy (non-hydrogen) atoms. The lowest BCUT2D eigenvalue weighted by Crippen LogP contribution is -2.30. The molecule has 1 fully saturated rings. The number of nitrogens with zero attached hydrogens (tertiary/aromatic N) is 3. The summed E-state index contributed by atoms with van der Waals surface area (Å²) in [6, 6.07) is 25.1. The predicted octanol–water partition coefficient (Wildman–Crippen LogP) is 5.66. The third kappa shape index (κ3) is 4.27. The minimum Gasteiger partial charge on any atom is -0.351 e. The third-order valence-corrected chi connectivity index (χ3v) is 6.28. The van der Waals surface area contributed by atoms with Gasteiger partial charge in [-0.2, -0.15) is 0 Å². The molecule has 2 atom stereocenters. The largest absolute Gasteiger partial charge is 0.351 e. The number of carbonyl (C=O) groups is 1. The summed E-state index contributed by atoms with van der Waals surface area (Å²) >= 11 is 12.1. The zero-order valence-electron chi connectivity index (χ0n) is 18.4. The highest BCUT2D eigenvalue weighted by Gasteiger charge is 2.42. The Labute approximate surface area is 208 Å². The molecular formula is C26H22ClN5OS. The summed E-state index contributed by atoms with van der Waals surface area (Å²) in [5.74, 6) is -0.112. The second kappa shape index (κ2) is 9.29. The molecule has 0 spiro atoms. The van der Waals surface area contributed by atoms with Crippen molar-refractivity contribution in [3.05, 3.63) is 108 Å². The lowest BCUT2D eigenvalue weighted by atomic mass is 10.0. The molecule has 6 nitrogen and oxygen atoms in total. The first-order valence-electron chi connectivity index (χ1n) is 10.8. The van der Waals surface area contributed by atoms with Crippen LogP contribution >= 0.6 is 23.8 Å². The summed E-state index contributed by atoms with van der Waals surface area (Å²) in [5, 5.41) is 7.56. The van der Waals surface area contributed by atoms with Crippen molar-refractivity contribution in [2.75, 3.05) is 10.2 Å². The molecular weight excluding hydrogens is 466 g/mol. The number of aromatic nitrogens is 2.